The number of fused-ring (bicyclic) bond motifs is 1. The van der Waals surface area contributed by atoms with Crippen LogP contribution in [0.25, 0.3) is 11.0 Å². The molecule has 0 radical (unpaired) electrons. The van der Waals surface area contributed by atoms with Crippen LogP contribution in [0.4, 0.5) is 0 Å². The van der Waals surface area contributed by atoms with Crippen LogP contribution < -0.4 is 22.3 Å². The van der Waals surface area contributed by atoms with Crippen molar-refractivity contribution < 1.29 is 4.79 Å². The van der Waals surface area contributed by atoms with E-state index < -0.39 is 17.2 Å². The lowest BCUT2D eigenvalue weighted by Gasteiger charge is -2.16. The summed E-state index contributed by atoms with van der Waals surface area (Å²) >= 11 is 0. The zero-order chi connectivity index (χ0) is 18.7. The standard InChI is InChI=1S/C17H25N5O3.2ClH/c1-5-6-22-14-13(16(24)21-17(22)25)11(7-12(20-14)9(2)3)15(23)19-10(4)8-18;;/h7,9-10H,5-6,8,18H2,1-4H3,(H,19,23)(H,21,24,25);2*1H/t10-;;/m0../s1. The van der Waals surface area contributed by atoms with Crippen LogP contribution in [-0.2, 0) is 6.54 Å². The van der Waals surface area contributed by atoms with Crippen molar-refractivity contribution in [2.24, 2.45) is 5.73 Å². The van der Waals surface area contributed by atoms with E-state index in [1.54, 1.807) is 13.0 Å². The van der Waals surface area contributed by atoms with Crippen molar-refractivity contribution in [2.75, 3.05) is 6.54 Å². The van der Waals surface area contributed by atoms with E-state index in [2.05, 4.69) is 15.3 Å². The smallest absolute Gasteiger partial charge is 0.329 e. The average Bonchev–Trinajstić information content (AvgIpc) is 2.56. The number of aromatic amines is 1. The normalized spacial score (nSPS) is 11.6. The van der Waals surface area contributed by atoms with Gasteiger partial charge in [-0.2, -0.15) is 0 Å². The fourth-order valence-corrected chi connectivity index (χ4v) is 2.56. The molecule has 2 heterocycles. The number of amides is 1. The maximum Gasteiger partial charge on any atom is 0.329 e. The molecule has 0 saturated heterocycles. The zero-order valence-corrected chi connectivity index (χ0v) is 17.5. The van der Waals surface area contributed by atoms with E-state index >= 15 is 0 Å². The Labute approximate surface area is 169 Å². The Bertz CT molecular complexity index is 908. The van der Waals surface area contributed by atoms with E-state index in [1.165, 1.54) is 4.57 Å². The van der Waals surface area contributed by atoms with Crippen molar-refractivity contribution in [3.8, 4) is 0 Å². The monoisotopic (exact) mass is 419 g/mol. The minimum Gasteiger partial charge on any atom is -0.348 e. The van der Waals surface area contributed by atoms with Crippen molar-refractivity contribution in [1.29, 1.82) is 0 Å². The number of nitrogens with two attached hydrogens (primary N) is 1. The first-order valence-corrected chi connectivity index (χ1v) is 8.48. The second-order valence-electron chi connectivity index (χ2n) is 6.47. The van der Waals surface area contributed by atoms with Crippen LogP contribution in [0.1, 0.15) is 56.1 Å². The van der Waals surface area contributed by atoms with E-state index in [9.17, 15) is 14.4 Å². The number of nitrogens with zero attached hydrogens (tertiary/aromatic N) is 2. The molecule has 2 rings (SSSR count). The topological polar surface area (TPSA) is 123 Å². The summed E-state index contributed by atoms with van der Waals surface area (Å²) in [6.07, 6.45) is 0.695. The molecule has 0 aromatic carbocycles. The molecule has 8 nitrogen and oxygen atoms in total. The second kappa shape index (κ2) is 10.4. The number of carbonyl (C=O) groups is 1. The van der Waals surface area contributed by atoms with Gasteiger partial charge in [0.2, 0.25) is 0 Å². The number of rotatable bonds is 6. The molecule has 0 aliphatic heterocycles. The molecule has 2 aromatic rings. The van der Waals surface area contributed by atoms with Crippen LogP contribution in [0.2, 0.25) is 0 Å². The van der Waals surface area contributed by atoms with Crippen molar-refractivity contribution >= 4 is 41.8 Å². The largest absolute Gasteiger partial charge is 0.348 e. The molecule has 10 heteroatoms. The number of H-pyrrole nitrogens is 1. The highest BCUT2D eigenvalue weighted by molar-refractivity contribution is 6.05. The number of nitrogens with one attached hydrogen (secondary N) is 2. The van der Waals surface area contributed by atoms with Gasteiger partial charge >= 0.3 is 5.69 Å². The summed E-state index contributed by atoms with van der Waals surface area (Å²) in [5.41, 5.74) is 5.53. The second-order valence-corrected chi connectivity index (χ2v) is 6.47. The lowest BCUT2D eigenvalue weighted by atomic mass is 10.0. The summed E-state index contributed by atoms with van der Waals surface area (Å²) in [6, 6.07) is 1.38. The number of carbonyl (C=O) groups excluding carboxylic acids is 1. The fourth-order valence-electron chi connectivity index (χ4n) is 2.56. The summed E-state index contributed by atoms with van der Waals surface area (Å²) < 4.78 is 1.41. The summed E-state index contributed by atoms with van der Waals surface area (Å²) in [5, 5.41) is 2.89. The SMILES string of the molecule is CCCn1c(=O)[nH]c(=O)c2c(C(=O)N[C@@H](C)CN)cc(C(C)C)nc21.Cl.Cl. The maximum atomic E-state index is 12.7. The highest BCUT2D eigenvalue weighted by Crippen LogP contribution is 2.20. The Hall–Kier alpha value is -1.90. The van der Waals surface area contributed by atoms with E-state index in [-0.39, 0.29) is 59.9 Å². The molecule has 0 fully saturated rings. The summed E-state index contributed by atoms with van der Waals surface area (Å²) in [4.78, 5) is 44.0. The molecule has 0 bridgehead atoms. The molecule has 1 amide bonds. The molecule has 2 aromatic heterocycles. The third-order valence-electron chi connectivity index (χ3n) is 3.98. The van der Waals surface area contributed by atoms with E-state index in [0.717, 1.165) is 0 Å². The summed E-state index contributed by atoms with van der Waals surface area (Å²) in [7, 11) is 0. The number of aromatic nitrogens is 3. The minimum atomic E-state index is -0.610. The molecule has 0 unspecified atom stereocenters. The van der Waals surface area contributed by atoms with Crippen molar-refractivity contribution in [2.45, 2.75) is 52.6 Å². The van der Waals surface area contributed by atoms with Gasteiger partial charge in [-0.1, -0.05) is 20.8 Å². The van der Waals surface area contributed by atoms with Gasteiger partial charge in [0.25, 0.3) is 11.5 Å². The minimum absolute atomic E-state index is 0. The van der Waals surface area contributed by atoms with Gasteiger partial charge in [-0.25, -0.2) is 9.78 Å². The maximum absolute atomic E-state index is 12.7. The lowest BCUT2D eigenvalue weighted by Crippen LogP contribution is -2.39. The Morgan fingerprint density at radius 1 is 1.30 bits per heavy atom. The van der Waals surface area contributed by atoms with Gasteiger partial charge in [0, 0.05) is 24.8 Å². The first-order valence-electron chi connectivity index (χ1n) is 8.48. The fraction of sp³-hybridized carbons (Fsp3) is 0.529. The molecule has 1 atom stereocenters. The Balaban J connectivity index is 0.00000338. The van der Waals surface area contributed by atoms with Gasteiger partial charge in [-0.3, -0.25) is 19.1 Å². The molecule has 152 valence electrons. The van der Waals surface area contributed by atoms with Gasteiger partial charge in [0.1, 0.15) is 0 Å². The van der Waals surface area contributed by atoms with Crippen molar-refractivity contribution in [3.05, 3.63) is 38.2 Å². The van der Waals surface area contributed by atoms with Crippen LogP contribution in [0.15, 0.2) is 15.7 Å². The van der Waals surface area contributed by atoms with Crippen LogP contribution in [0, 0.1) is 0 Å². The molecule has 0 aliphatic carbocycles. The highest BCUT2D eigenvalue weighted by atomic mass is 35.5. The molecule has 4 N–H and O–H groups in total. The van der Waals surface area contributed by atoms with Crippen LogP contribution in [0.3, 0.4) is 0 Å². The molecule has 0 aliphatic rings. The van der Waals surface area contributed by atoms with Crippen molar-refractivity contribution in [3.63, 3.8) is 0 Å². The van der Waals surface area contributed by atoms with E-state index in [1.807, 2.05) is 20.8 Å². The number of hydrogen-bond donors (Lipinski definition) is 3. The molecule has 0 saturated carbocycles. The first kappa shape index (κ1) is 25.1. The van der Waals surface area contributed by atoms with Gasteiger partial charge in [0.15, 0.2) is 5.65 Å². The van der Waals surface area contributed by atoms with Gasteiger partial charge in [0.05, 0.1) is 10.9 Å². The Morgan fingerprint density at radius 2 is 1.93 bits per heavy atom. The molecule has 0 spiro atoms. The predicted octanol–water partition coefficient (Wildman–Crippen LogP) is 1.54. The average molecular weight is 420 g/mol. The zero-order valence-electron chi connectivity index (χ0n) is 15.9. The first-order chi connectivity index (χ1) is 11.8. The quantitative estimate of drug-likeness (QED) is 0.654. The third-order valence-corrected chi connectivity index (χ3v) is 3.98. The summed E-state index contributed by atoms with van der Waals surface area (Å²) in [5.74, 6) is -0.369. The Kier molecular flexibility index (Phi) is 9.70. The highest BCUT2D eigenvalue weighted by Gasteiger charge is 2.21. The molecular formula is C17H27Cl2N5O3. The number of halogens is 2. The molecule has 27 heavy (non-hydrogen) atoms. The predicted molar refractivity (Wildman–Crippen MR) is 111 cm³/mol. The van der Waals surface area contributed by atoms with Crippen LogP contribution in [0.5, 0.6) is 0 Å². The number of aryl methyl sites for hydroxylation is 1. The van der Waals surface area contributed by atoms with Crippen molar-refractivity contribution in [1.82, 2.24) is 19.9 Å². The number of pyridine rings is 1. The third kappa shape index (κ3) is 5.31. The van der Waals surface area contributed by atoms with Gasteiger partial charge < -0.3 is 11.1 Å². The van der Waals surface area contributed by atoms with E-state index in [4.69, 9.17) is 5.73 Å². The van der Waals surface area contributed by atoms with Gasteiger partial charge in [-0.15, -0.1) is 24.8 Å². The number of hydrogen-bond acceptors (Lipinski definition) is 5. The van der Waals surface area contributed by atoms with Crippen LogP contribution in [-0.4, -0.2) is 33.0 Å². The Morgan fingerprint density at radius 3 is 2.44 bits per heavy atom. The molecular weight excluding hydrogens is 393 g/mol. The lowest BCUT2D eigenvalue weighted by molar-refractivity contribution is 0.0942. The van der Waals surface area contributed by atoms with E-state index in [0.29, 0.717) is 18.7 Å². The van der Waals surface area contributed by atoms with Gasteiger partial charge in [-0.05, 0) is 25.3 Å². The summed E-state index contributed by atoms with van der Waals surface area (Å²) in [6.45, 7) is 8.26. The van der Waals surface area contributed by atoms with Crippen LogP contribution >= 0.6 is 24.8 Å².